The number of aromatic amines is 2. The van der Waals surface area contributed by atoms with Crippen LogP contribution in [0.2, 0.25) is 0 Å². The first-order valence-corrected chi connectivity index (χ1v) is 6.07. The zero-order valence-electron chi connectivity index (χ0n) is 8.16. The number of rotatable bonds is 1. The number of nitrogens with one attached hydrogen (secondary N) is 2. The van der Waals surface area contributed by atoms with Gasteiger partial charge in [-0.1, -0.05) is 0 Å². The van der Waals surface area contributed by atoms with E-state index < -0.39 is 15.4 Å². The van der Waals surface area contributed by atoms with Gasteiger partial charge in [-0.05, 0) is 6.92 Å². The summed E-state index contributed by atoms with van der Waals surface area (Å²) in [7, 11) is -3.42. The normalized spacial score (nSPS) is 12.1. The Labute approximate surface area is 85.2 Å². The van der Waals surface area contributed by atoms with E-state index in [0.29, 0.717) is 11.1 Å². The summed E-state index contributed by atoms with van der Waals surface area (Å²) in [5.74, 6) is 0. The monoisotopic (exact) mass is 227 g/mol. The molecule has 0 saturated carbocycles. The molecule has 0 fully saturated rings. The minimum atomic E-state index is -3.42. The first kappa shape index (κ1) is 9.91. The molecular formula is C8H9N3O3S. The molecule has 80 valence electrons. The molecule has 0 radical (unpaired) electrons. The van der Waals surface area contributed by atoms with Crippen LogP contribution in [-0.4, -0.2) is 29.9 Å². The van der Waals surface area contributed by atoms with Crippen LogP contribution in [0.1, 0.15) is 5.69 Å². The average Bonchev–Trinajstić information content (AvgIpc) is 2.44. The van der Waals surface area contributed by atoms with Gasteiger partial charge in [0, 0.05) is 18.0 Å². The highest BCUT2D eigenvalue weighted by Crippen LogP contribution is 2.20. The second-order valence-electron chi connectivity index (χ2n) is 3.34. The molecule has 0 unspecified atom stereocenters. The Kier molecular flexibility index (Phi) is 1.93. The summed E-state index contributed by atoms with van der Waals surface area (Å²) in [6.45, 7) is 1.70. The van der Waals surface area contributed by atoms with Gasteiger partial charge in [-0.2, -0.15) is 5.10 Å². The van der Waals surface area contributed by atoms with E-state index in [9.17, 15) is 13.2 Å². The third kappa shape index (κ3) is 1.54. The summed E-state index contributed by atoms with van der Waals surface area (Å²) in [6, 6.07) is 1.07. The van der Waals surface area contributed by atoms with E-state index in [2.05, 4.69) is 15.2 Å². The summed E-state index contributed by atoms with van der Waals surface area (Å²) in [4.78, 5) is 13.7. The van der Waals surface area contributed by atoms with Crippen molar-refractivity contribution >= 4 is 20.9 Å². The Balaban J connectivity index is 3.06. The Morgan fingerprint density at radius 1 is 1.40 bits per heavy atom. The highest BCUT2D eigenvalue weighted by Gasteiger charge is 2.16. The van der Waals surface area contributed by atoms with Gasteiger partial charge in [0.1, 0.15) is 0 Å². The molecular weight excluding hydrogens is 218 g/mol. The summed E-state index contributed by atoms with van der Waals surface area (Å²) in [5, 5.41) is 6.88. The number of sulfone groups is 1. The molecule has 7 heteroatoms. The zero-order chi connectivity index (χ0) is 11.2. The van der Waals surface area contributed by atoms with Crippen molar-refractivity contribution in [3.63, 3.8) is 0 Å². The van der Waals surface area contributed by atoms with Crippen molar-refractivity contribution in [3.05, 3.63) is 22.1 Å². The molecule has 2 aromatic rings. The predicted octanol–water partition coefficient (Wildman–Crippen LogP) is -0.0369. The maximum atomic E-state index is 11.5. The maximum Gasteiger partial charge on any atom is 0.250 e. The molecule has 2 heterocycles. The molecule has 15 heavy (non-hydrogen) atoms. The van der Waals surface area contributed by atoms with Crippen LogP contribution in [0.25, 0.3) is 11.0 Å². The Morgan fingerprint density at radius 2 is 2.07 bits per heavy atom. The summed E-state index contributed by atoms with van der Waals surface area (Å²) in [6.07, 6.45) is 1.06. The fraction of sp³-hybridized carbons (Fsp3) is 0.250. The van der Waals surface area contributed by atoms with E-state index in [1.807, 2.05) is 0 Å². The van der Waals surface area contributed by atoms with Crippen molar-refractivity contribution in [2.75, 3.05) is 6.26 Å². The van der Waals surface area contributed by atoms with Gasteiger partial charge >= 0.3 is 0 Å². The van der Waals surface area contributed by atoms with Crippen LogP contribution in [0.3, 0.4) is 0 Å². The molecule has 2 rings (SSSR count). The molecule has 2 N–H and O–H groups in total. The molecule has 0 aliphatic heterocycles. The second-order valence-corrected chi connectivity index (χ2v) is 5.33. The van der Waals surface area contributed by atoms with Crippen LogP contribution in [0, 0.1) is 6.92 Å². The van der Waals surface area contributed by atoms with E-state index in [1.165, 1.54) is 0 Å². The smallest absolute Gasteiger partial charge is 0.250 e. The molecule has 0 amide bonds. The topological polar surface area (TPSA) is 95.7 Å². The molecule has 6 nitrogen and oxygen atoms in total. The molecule has 0 atom stereocenters. The maximum absolute atomic E-state index is 11.5. The van der Waals surface area contributed by atoms with E-state index >= 15 is 0 Å². The van der Waals surface area contributed by atoms with E-state index in [0.717, 1.165) is 12.3 Å². The zero-order valence-corrected chi connectivity index (χ0v) is 8.97. The summed E-state index contributed by atoms with van der Waals surface area (Å²) >= 11 is 0. The standard InChI is InChI=1S/C8H9N3O3S/c1-4-7-5(15(2,13)14)3-6(12)9-8(7)11-10-4/h3H,1-2H3,(H2,9,10,11,12). The fourth-order valence-electron chi connectivity index (χ4n) is 1.46. The Hall–Kier alpha value is -1.63. The van der Waals surface area contributed by atoms with Crippen LogP contribution >= 0.6 is 0 Å². The van der Waals surface area contributed by atoms with Crippen molar-refractivity contribution in [2.24, 2.45) is 0 Å². The largest absolute Gasteiger partial charge is 0.305 e. The van der Waals surface area contributed by atoms with Gasteiger partial charge in [-0.15, -0.1) is 0 Å². The third-order valence-corrected chi connectivity index (χ3v) is 3.22. The van der Waals surface area contributed by atoms with Crippen LogP contribution in [-0.2, 0) is 9.84 Å². The number of aryl methyl sites for hydroxylation is 1. The van der Waals surface area contributed by atoms with Crippen molar-refractivity contribution in [2.45, 2.75) is 11.8 Å². The molecule has 0 saturated heterocycles. The Bertz CT molecular complexity index is 681. The lowest BCUT2D eigenvalue weighted by molar-refractivity contribution is 0.602. The SMILES string of the molecule is Cc1[nH]nc2[nH]c(=O)cc(S(C)(=O)=O)c12. The minimum Gasteiger partial charge on any atom is -0.305 e. The molecule has 0 bridgehead atoms. The first-order chi connectivity index (χ1) is 6.89. The fourth-order valence-corrected chi connectivity index (χ4v) is 2.40. The number of H-pyrrole nitrogens is 2. The molecule has 0 spiro atoms. The minimum absolute atomic E-state index is 0.00694. The number of hydrogen-bond acceptors (Lipinski definition) is 4. The summed E-state index contributed by atoms with van der Waals surface area (Å²) < 4.78 is 22.9. The highest BCUT2D eigenvalue weighted by atomic mass is 32.2. The molecule has 0 aromatic carbocycles. The van der Waals surface area contributed by atoms with Gasteiger partial charge < -0.3 is 4.98 Å². The highest BCUT2D eigenvalue weighted by molar-refractivity contribution is 7.91. The van der Waals surface area contributed by atoms with E-state index in [1.54, 1.807) is 6.92 Å². The number of pyridine rings is 1. The Morgan fingerprint density at radius 3 is 2.67 bits per heavy atom. The van der Waals surface area contributed by atoms with Gasteiger partial charge in [0.05, 0.1) is 10.3 Å². The van der Waals surface area contributed by atoms with E-state index in [-0.39, 0.29) is 10.5 Å². The lowest BCUT2D eigenvalue weighted by Gasteiger charge is -1.99. The lowest BCUT2D eigenvalue weighted by Crippen LogP contribution is -2.09. The van der Waals surface area contributed by atoms with E-state index in [4.69, 9.17) is 0 Å². The quantitative estimate of drug-likeness (QED) is 0.714. The van der Waals surface area contributed by atoms with Gasteiger partial charge in [-0.3, -0.25) is 9.89 Å². The summed E-state index contributed by atoms with van der Waals surface area (Å²) in [5.41, 5.74) is 0.400. The average molecular weight is 227 g/mol. The number of nitrogens with zero attached hydrogens (tertiary/aromatic N) is 1. The van der Waals surface area contributed by atoms with Crippen LogP contribution in [0.4, 0.5) is 0 Å². The third-order valence-electron chi connectivity index (χ3n) is 2.10. The van der Waals surface area contributed by atoms with Crippen LogP contribution < -0.4 is 5.56 Å². The number of hydrogen-bond donors (Lipinski definition) is 2. The van der Waals surface area contributed by atoms with Crippen LogP contribution in [0.15, 0.2) is 15.8 Å². The van der Waals surface area contributed by atoms with Crippen molar-refractivity contribution in [1.29, 1.82) is 0 Å². The van der Waals surface area contributed by atoms with Crippen molar-refractivity contribution in [1.82, 2.24) is 15.2 Å². The lowest BCUT2D eigenvalue weighted by atomic mass is 10.3. The van der Waals surface area contributed by atoms with Gasteiger partial charge in [0.25, 0.3) is 5.56 Å². The van der Waals surface area contributed by atoms with Crippen molar-refractivity contribution in [3.8, 4) is 0 Å². The van der Waals surface area contributed by atoms with Crippen LogP contribution in [0.5, 0.6) is 0 Å². The molecule has 0 aliphatic carbocycles. The van der Waals surface area contributed by atoms with Gasteiger partial charge in [-0.25, -0.2) is 8.42 Å². The van der Waals surface area contributed by atoms with Gasteiger partial charge in [0.2, 0.25) is 0 Å². The molecule has 2 aromatic heterocycles. The van der Waals surface area contributed by atoms with Gasteiger partial charge in [0.15, 0.2) is 15.5 Å². The van der Waals surface area contributed by atoms with Crippen molar-refractivity contribution < 1.29 is 8.42 Å². The first-order valence-electron chi connectivity index (χ1n) is 4.17. The number of fused-ring (bicyclic) bond motifs is 1. The predicted molar refractivity (Wildman–Crippen MR) is 54.6 cm³/mol. The number of aromatic nitrogens is 3. The second kappa shape index (κ2) is 2.93. The molecule has 0 aliphatic rings.